The van der Waals surface area contributed by atoms with E-state index in [1.165, 1.54) is 12.1 Å². The molecular weight excluding hydrogens is 304 g/mol. The summed E-state index contributed by atoms with van der Waals surface area (Å²) in [4.78, 5) is 10.1. The molecule has 0 aromatic heterocycles. The molecule has 0 aliphatic heterocycles. The Bertz CT molecular complexity index is 576. The van der Waals surface area contributed by atoms with Crippen LogP contribution in [0.3, 0.4) is 0 Å². The molecule has 0 bridgehead atoms. The van der Waals surface area contributed by atoms with Gasteiger partial charge in [-0.3, -0.25) is 10.1 Å². The van der Waals surface area contributed by atoms with Crippen molar-refractivity contribution in [3.05, 3.63) is 75.8 Å². The van der Waals surface area contributed by atoms with Crippen LogP contribution in [0.25, 0.3) is 0 Å². The van der Waals surface area contributed by atoms with Crippen molar-refractivity contribution in [1.82, 2.24) is 5.32 Å². The summed E-state index contributed by atoms with van der Waals surface area (Å²) in [6.45, 7) is 1.19. The van der Waals surface area contributed by atoms with Gasteiger partial charge < -0.3 is 10.4 Å². The van der Waals surface area contributed by atoms with Crippen molar-refractivity contribution >= 4 is 18.1 Å². The van der Waals surface area contributed by atoms with Gasteiger partial charge in [-0.15, -0.1) is 12.4 Å². The molecule has 0 aliphatic rings. The second-order valence-corrected chi connectivity index (χ2v) is 4.80. The fourth-order valence-electron chi connectivity index (χ4n) is 2.05. The molecular formula is C16H19ClN2O3. The molecule has 2 rings (SSSR count). The molecule has 0 aliphatic carbocycles. The zero-order valence-electron chi connectivity index (χ0n) is 12.0. The van der Waals surface area contributed by atoms with Gasteiger partial charge in [-0.25, -0.2) is 0 Å². The molecule has 0 amide bonds. The third kappa shape index (κ3) is 5.44. The normalized spacial score (nSPS) is 11.5. The van der Waals surface area contributed by atoms with Crippen molar-refractivity contribution in [1.29, 1.82) is 0 Å². The standard InChI is InChI=1S/C16H18N2O3.ClH/c19-16(14-4-2-1-3-5-14)12-17-11-10-13-6-8-15(9-7-13)18(20)21;/h1-9,16-17,19H,10-12H2;1H. The van der Waals surface area contributed by atoms with Crippen molar-refractivity contribution in [2.45, 2.75) is 12.5 Å². The fraction of sp³-hybridized carbons (Fsp3) is 0.250. The number of nitro benzene ring substituents is 1. The first-order chi connectivity index (χ1) is 10.2. The largest absolute Gasteiger partial charge is 0.387 e. The smallest absolute Gasteiger partial charge is 0.269 e. The molecule has 1 unspecified atom stereocenters. The Morgan fingerprint density at radius 2 is 1.73 bits per heavy atom. The minimum atomic E-state index is -0.525. The van der Waals surface area contributed by atoms with E-state index >= 15 is 0 Å². The van der Waals surface area contributed by atoms with Crippen LogP contribution in [0, 0.1) is 10.1 Å². The van der Waals surface area contributed by atoms with E-state index in [2.05, 4.69) is 5.32 Å². The van der Waals surface area contributed by atoms with Gasteiger partial charge in [-0.2, -0.15) is 0 Å². The van der Waals surface area contributed by atoms with E-state index < -0.39 is 11.0 Å². The molecule has 0 heterocycles. The lowest BCUT2D eigenvalue weighted by Gasteiger charge is -2.12. The van der Waals surface area contributed by atoms with Gasteiger partial charge in [0.2, 0.25) is 0 Å². The predicted octanol–water partition coefficient (Wildman–Crippen LogP) is 2.88. The maximum Gasteiger partial charge on any atom is 0.269 e. The zero-order chi connectivity index (χ0) is 15.1. The zero-order valence-corrected chi connectivity index (χ0v) is 12.8. The van der Waals surface area contributed by atoms with E-state index in [0.717, 1.165) is 17.5 Å². The second-order valence-electron chi connectivity index (χ2n) is 4.80. The van der Waals surface area contributed by atoms with E-state index in [9.17, 15) is 15.2 Å². The number of hydrogen-bond donors (Lipinski definition) is 2. The number of benzene rings is 2. The summed E-state index contributed by atoms with van der Waals surface area (Å²) in [6.07, 6.45) is 0.238. The van der Waals surface area contributed by atoms with Crippen LogP contribution in [0.2, 0.25) is 0 Å². The Hall–Kier alpha value is -1.95. The SMILES string of the molecule is Cl.O=[N+]([O-])c1ccc(CCNCC(O)c2ccccc2)cc1. The number of rotatable bonds is 7. The van der Waals surface area contributed by atoms with E-state index in [0.29, 0.717) is 13.1 Å². The van der Waals surface area contributed by atoms with Crippen LogP contribution in [0.4, 0.5) is 5.69 Å². The lowest BCUT2D eigenvalue weighted by molar-refractivity contribution is -0.384. The molecule has 2 N–H and O–H groups in total. The van der Waals surface area contributed by atoms with Gasteiger partial charge in [0.05, 0.1) is 11.0 Å². The molecule has 0 saturated heterocycles. The average molecular weight is 323 g/mol. The Balaban J connectivity index is 0.00000242. The lowest BCUT2D eigenvalue weighted by Crippen LogP contribution is -2.23. The number of non-ortho nitro benzene ring substituents is 1. The Morgan fingerprint density at radius 3 is 2.32 bits per heavy atom. The summed E-state index contributed by atoms with van der Waals surface area (Å²) < 4.78 is 0. The fourth-order valence-corrected chi connectivity index (χ4v) is 2.05. The second kappa shape index (κ2) is 9.15. The number of nitrogens with zero attached hydrogens (tertiary/aromatic N) is 1. The van der Waals surface area contributed by atoms with Gasteiger partial charge in [-0.1, -0.05) is 42.5 Å². The molecule has 0 spiro atoms. The molecule has 22 heavy (non-hydrogen) atoms. The summed E-state index contributed by atoms with van der Waals surface area (Å²) in [5.41, 5.74) is 2.02. The van der Waals surface area contributed by atoms with Crippen LogP contribution < -0.4 is 5.32 Å². The average Bonchev–Trinajstić information content (AvgIpc) is 2.52. The van der Waals surface area contributed by atoms with Gasteiger partial charge >= 0.3 is 0 Å². The van der Waals surface area contributed by atoms with Crippen molar-refractivity contribution in [2.24, 2.45) is 0 Å². The van der Waals surface area contributed by atoms with E-state index in [4.69, 9.17) is 0 Å². The van der Waals surface area contributed by atoms with Crippen molar-refractivity contribution in [3.63, 3.8) is 0 Å². The van der Waals surface area contributed by atoms with Gasteiger partial charge in [0.15, 0.2) is 0 Å². The lowest BCUT2D eigenvalue weighted by atomic mass is 10.1. The number of aliphatic hydroxyl groups excluding tert-OH is 1. The van der Waals surface area contributed by atoms with Crippen LogP contribution >= 0.6 is 12.4 Å². The summed E-state index contributed by atoms with van der Waals surface area (Å²) in [5, 5.41) is 23.7. The van der Waals surface area contributed by atoms with Gasteiger partial charge in [-0.05, 0) is 24.1 Å². The van der Waals surface area contributed by atoms with Crippen LogP contribution in [0.5, 0.6) is 0 Å². The molecule has 0 saturated carbocycles. The molecule has 118 valence electrons. The highest BCUT2D eigenvalue weighted by molar-refractivity contribution is 5.85. The number of nitrogens with one attached hydrogen (secondary N) is 1. The number of hydrogen-bond acceptors (Lipinski definition) is 4. The number of nitro groups is 1. The van der Waals surface area contributed by atoms with Crippen LogP contribution in [0.1, 0.15) is 17.2 Å². The third-order valence-corrected chi connectivity index (χ3v) is 3.26. The molecule has 0 fully saturated rings. The Kier molecular flexibility index (Phi) is 7.52. The minimum Gasteiger partial charge on any atom is -0.387 e. The molecule has 6 heteroatoms. The maximum atomic E-state index is 10.5. The van der Waals surface area contributed by atoms with Gasteiger partial charge in [0, 0.05) is 18.7 Å². The van der Waals surface area contributed by atoms with Gasteiger partial charge in [0.25, 0.3) is 5.69 Å². The molecule has 5 nitrogen and oxygen atoms in total. The molecule has 0 radical (unpaired) electrons. The minimum absolute atomic E-state index is 0. The molecule has 2 aromatic carbocycles. The predicted molar refractivity (Wildman–Crippen MR) is 88.3 cm³/mol. The highest BCUT2D eigenvalue weighted by atomic mass is 35.5. The van der Waals surface area contributed by atoms with Crippen LogP contribution in [-0.2, 0) is 6.42 Å². The topological polar surface area (TPSA) is 75.4 Å². The van der Waals surface area contributed by atoms with E-state index in [-0.39, 0.29) is 18.1 Å². The van der Waals surface area contributed by atoms with Crippen molar-refractivity contribution in [3.8, 4) is 0 Å². The summed E-state index contributed by atoms with van der Waals surface area (Å²) in [7, 11) is 0. The number of aliphatic hydroxyl groups is 1. The summed E-state index contributed by atoms with van der Waals surface area (Å²) in [5.74, 6) is 0. The highest BCUT2D eigenvalue weighted by Crippen LogP contribution is 2.12. The summed E-state index contributed by atoms with van der Waals surface area (Å²) in [6, 6.07) is 16.0. The monoisotopic (exact) mass is 322 g/mol. The Labute approximate surface area is 135 Å². The quantitative estimate of drug-likeness (QED) is 0.467. The van der Waals surface area contributed by atoms with Crippen molar-refractivity contribution in [2.75, 3.05) is 13.1 Å². The first-order valence-electron chi connectivity index (χ1n) is 6.84. The first kappa shape index (κ1) is 18.1. The third-order valence-electron chi connectivity index (χ3n) is 3.26. The van der Waals surface area contributed by atoms with Crippen LogP contribution in [-0.4, -0.2) is 23.1 Å². The van der Waals surface area contributed by atoms with E-state index in [1.54, 1.807) is 12.1 Å². The molecule has 2 aromatic rings. The Morgan fingerprint density at radius 1 is 1.09 bits per heavy atom. The van der Waals surface area contributed by atoms with Crippen LogP contribution in [0.15, 0.2) is 54.6 Å². The van der Waals surface area contributed by atoms with Crippen molar-refractivity contribution < 1.29 is 10.0 Å². The van der Waals surface area contributed by atoms with E-state index in [1.807, 2.05) is 30.3 Å². The molecule has 1 atom stereocenters. The van der Waals surface area contributed by atoms with Gasteiger partial charge in [0.1, 0.15) is 0 Å². The summed E-state index contributed by atoms with van der Waals surface area (Å²) >= 11 is 0. The highest BCUT2D eigenvalue weighted by Gasteiger charge is 2.06. The maximum absolute atomic E-state index is 10.5. The first-order valence-corrected chi connectivity index (χ1v) is 6.84. The number of halogens is 1.